The third-order valence-corrected chi connectivity index (χ3v) is 4.07. The summed E-state index contributed by atoms with van der Waals surface area (Å²) in [4.78, 5) is 12.6. The van der Waals surface area contributed by atoms with E-state index in [4.69, 9.17) is 0 Å². The first-order chi connectivity index (χ1) is 8.50. The van der Waals surface area contributed by atoms with Gasteiger partial charge in [0.2, 0.25) is 0 Å². The topological polar surface area (TPSA) is 17.1 Å². The molecule has 1 saturated carbocycles. The van der Waals surface area contributed by atoms with Gasteiger partial charge >= 0.3 is 0 Å². The fourth-order valence-corrected chi connectivity index (χ4v) is 3.10. The summed E-state index contributed by atoms with van der Waals surface area (Å²) in [5.41, 5.74) is 1.13. The minimum Gasteiger partial charge on any atom is -0.299 e. The number of benzene rings is 1. The van der Waals surface area contributed by atoms with E-state index in [1.807, 2.05) is 26.8 Å². The SMILES string of the molecule is CC(C)(C)C(=O)[C@@H]1CCCCC1c1ccccc1. The Hall–Kier alpha value is -1.11. The van der Waals surface area contributed by atoms with Crippen LogP contribution in [0.2, 0.25) is 0 Å². The molecule has 1 aliphatic carbocycles. The molecule has 1 unspecified atom stereocenters. The van der Waals surface area contributed by atoms with Crippen LogP contribution in [0.4, 0.5) is 0 Å². The van der Waals surface area contributed by atoms with Crippen LogP contribution in [0.3, 0.4) is 0 Å². The molecule has 0 radical (unpaired) electrons. The van der Waals surface area contributed by atoms with Gasteiger partial charge in [0.05, 0.1) is 0 Å². The summed E-state index contributed by atoms with van der Waals surface area (Å²) in [6.07, 6.45) is 4.69. The van der Waals surface area contributed by atoms with Crippen molar-refractivity contribution in [1.29, 1.82) is 0 Å². The fourth-order valence-electron chi connectivity index (χ4n) is 3.10. The van der Waals surface area contributed by atoms with E-state index in [9.17, 15) is 4.79 Å². The molecule has 1 aliphatic rings. The predicted octanol–water partition coefficient (Wildman–Crippen LogP) is 4.58. The quantitative estimate of drug-likeness (QED) is 0.744. The molecular formula is C17H24O. The number of Topliss-reactive ketones (excluding diaryl/α,β-unsaturated/α-hetero) is 1. The second kappa shape index (κ2) is 5.26. The highest BCUT2D eigenvalue weighted by Gasteiger charge is 2.36. The number of carbonyl (C=O) groups is 1. The second-order valence-electron chi connectivity index (χ2n) is 6.52. The van der Waals surface area contributed by atoms with Crippen molar-refractivity contribution in [1.82, 2.24) is 0 Å². The Morgan fingerprint density at radius 1 is 1.06 bits per heavy atom. The van der Waals surface area contributed by atoms with Crippen molar-refractivity contribution in [3.05, 3.63) is 35.9 Å². The van der Waals surface area contributed by atoms with Crippen LogP contribution < -0.4 is 0 Å². The first-order valence-electron chi connectivity index (χ1n) is 7.09. The maximum Gasteiger partial charge on any atom is 0.141 e. The number of rotatable bonds is 2. The molecule has 0 aromatic heterocycles. The molecule has 0 bridgehead atoms. The van der Waals surface area contributed by atoms with Crippen LogP contribution in [0, 0.1) is 11.3 Å². The third-order valence-electron chi connectivity index (χ3n) is 4.07. The maximum absolute atomic E-state index is 12.6. The van der Waals surface area contributed by atoms with Crippen molar-refractivity contribution in [2.45, 2.75) is 52.4 Å². The summed E-state index contributed by atoms with van der Waals surface area (Å²) in [6, 6.07) is 10.6. The number of ketones is 1. The molecule has 0 saturated heterocycles. The first-order valence-corrected chi connectivity index (χ1v) is 7.09. The highest BCUT2D eigenvalue weighted by molar-refractivity contribution is 5.86. The third kappa shape index (κ3) is 2.82. The molecule has 0 heterocycles. The van der Waals surface area contributed by atoms with Gasteiger partial charge in [-0.25, -0.2) is 0 Å². The lowest BCUT2D eigenvalue weighted by Gasteiger charge is -2.34. The van der Waals surface area contributed by atoms with Gasteiger partial charge < -0.3 is 0 Å². The van der Waals surface area contributed by atoms with Crippen LogP contribution in [0.25, 0.3) is 0 Å². The van der Waals surface area contributed by atoms with Crippen molar-refractivity contribution >= 4 is 5.78 Å². The van der Waals surface area contributed by atoms with Crippen molar-refractivity contribution < 1.29 is 4.79 Å². The van der Waals surface area contributed by atoms with E-state index in [0.29, 0.717) is 11.7 Å². The summed E-state index contributed by atoms with van der Waals surface area (Å²) in [7, 11) is 0. The Balaban J connectivity index is 2.24. The van der Waals surface area contributed by atoms with Crippen molar-refractivity contribution in [2.75, 3.05) is 0 Å². The number of carbonyl (C=O) groups excluding carboxylic acids is 1. The highest BCUT2D eigenvalue weighted by Crippen LogP contribution is 2.41. The minimum atomic E-state index is -0.213. The minimum absolute atomic E-state index is 0.213. The van der Waals surface area contributed by atoms with Gasteiger partial charge in [-0.05, 0) is 24.3 Å². The zero-order valence-electron chi connectivity index (χ0n) is 11.8. The predicted molar refractivity (Wildman–Crippen MR) is 75.6 cm³/mol. The van der Waals surface area contributed by atoms with Crippen LogP contribution in [-0.4, -0.2) is 5.78 Å². The molecule has 1 heteroatoms. The average molecular weight is 244 g/mol. The van der Waals surface area contributed by atoms with E-state index in [0.717, 1.165) is 12.8 Å². The smallest absolute Gasteiger partial charge is 0.141 e. The molecular weight excluding hydrogens is 220 g/mol. The van der Waals surface area contributed by atoms with Crippen LogP contribution in [-0.2, 0) is 4.79 Å². The van der Waals surface area contributed by atoms with Gasteiger partial charge in [-0.2, -0.15) is 0 Å². The highest BCUT2D eigenvalue weighted by atomic mass is 16.1. The molecule has 1 fully saturated rings. The van der Waals surface area contributed by atoms with E-state index in [-0.39, 0.29) is 11.3 Å². The first kappa shape index (κ1) is 13.3. The molecule has 0 amide bonds. The van der Waals surface area contributed by atoms with E-state index in [1.165, 1.54) is 18.4 Å². The molecule has 2 rings (SSSR count). The van der Waals surface area contributed by atoms with E-state index < -0.39 is 0 Å². The summed E-state index contributed by atoms with van der Waals surface area (Å²) in [5.74, 6) is 1.10. The fraction of sp³-hybridized carbons (Fsp3) is 0.588. The molecule has 1 nitrogen and oxygen atoms in total. The van der Waals surface area contributed by atoms with Gasteiger partial charge in [0.15, 0.2) is 0 Å². The molecule has 0 N–H and O–H groups in total. The largest absolute Gasteiger partial charge is 0.299 e. The zero-order valence-corrected chi connectivity index (χ0v) is 11.8. The Bertz CT molecular complexity index is 399. The standard InChI is InChI=1S/C17H24O/c1-17(2,3)16(18)15-12-8-7-11-14(15)13-9-5-4-6-10-13/h4-6,9-10,14-15H,7-8,11-12H2,1-3H3/t14?,15-/m1/s1. The van der Waals surface area contributed by atoms with E-state index >= 15 is 0 Å². The lowest BCUT2D eigenvalue weighted by atomic mass is 9.68. The Morgan fingerprint density at radius 2 is 1.67 bits per heavy atom. The summed E-state index contributed by atoms with van der Waals surface area (Å²) in [6.45, 7) is 6.14. The van der Waals surface area contributed by atoms with Crippen molar-refractivity contribution in [3.8, 4) is 0 Å². The van der Waals surface area contributed by atoms with Gasteiger partial charge in [0, 0.05) is 11.3 Å². The molecule has 0 aliphatic heterocycles. The van der Waals surface area contributed by atoms with Gasteiger partial charge in [0.1, 0.15) is 5.78 Å². The van der Waals surface area contributed by atoms with Crippen LogP contribution in [0.15, 0.2) is 30.3 Å². The van der Waals surface area contributed by atoms with Gasteiger partial charge in [-0.15, -0.1) is 0 Å². The van der Waals surface area contributed by atoms with Crippen molar-refractivity contribution in [3.63, 3.8) is 0 Å². The molecule has 1 aromatic rings. The average Bonchev–Trinajstić information content (AvgIpc) is 2.38. The molecule has 2 atom stereocenters. The van der Waals surface area contributed by atoms with E-state index in [1.54, 1.807) is 0 Å². The van der Waals surface area contributed by atoms with Crippen LogP contribution >= 0.6 is 0 Å². The molecule has 1 aromatic carbocycles. The molecule has 0 spiro atoms. The summed E-state index contributed by atoms with van der Waals surface area (Å²) < 4.78 is 0. The summed E-state index contributed by atoms with van der Waals surface area (Å²) >= 11 is 0. The second-order valence-corrected chi connectivity index (χ2v) is 6.52. The molecule has 98 valence electrons. The van der Waals surface area contributed by atoms with Gasteiger partial charge in [-0.3, -0.25) is 4.79 Å². The van der Waals surface area contributed by atoms with Crippen LogP contribution in [0.1, 0.15) is 57.9 Å². The Kier molecular flexibility index (Phi) is 3.89. The monoisotopic (exact) mass is 244 g/mol. The van der Waals surface area contributed by atoms with E-state index in [2.05, 4.69) is 24.3 Å². The van der Waals surface area contributed by atoms with Crippen molar-refractivity contribution in [2.24, 2.45) is 11.3 Å². The number of hydrogen-bond donors (Lipinski definition) is 0. The Labute approximate surface area is 111 Å². The van der Waals surface area contributed by atoms with Crippen LogP contribution in [0.5, 0.6) is 0 Å². The normalized spacial score (nSPS) is 24.8. The Morgan fingerprint density at radius 3 is 2.28 bits per heavy atom. The van der Waals surface area contributed by atoms with Gasteiger partial charge in [0.25, 0.3) is 0 Å². The lowest BCUT2D eigenvalue weighted by molar-refractivity contribution is -0.132. The lowest BCUT2D eigenvalue weighted by Crippen LogP contribution is -2.34. The zero-order chi connectivity index (χ0) is 13.2. The molecule has 18 heavy (non-hydrogen) atoms. The van der Waals surface area contributed by atoms with Gasteiger partial charge in [-0.1, -0.05) is 63.9 Å². The summed E-state index contributed by atoms with van der Waals surface area (Å²) in [5, 5.41) is 0. The maximum atomic E-state index is 12.6. The number of hydrogen-bond acceptors (Lipinski definition) is 1.